The lowest BCUT2D eigenvalue weighted by atomic mass is 10.2. The highest BCUT2D eigenvalue weighted by atomic mass is 19.4. The van der Waals surface area contributed by atoms with Gasteiger partial charge in [-0.2, -0.15) is 18.2 Å². The van der Waals surface area contributed by atoms with E-state index in [9.17, 15) is 13.2 Å². The Morgan fingerprint density at radius 3 is 2.33 bits per heavy atom. The number of alkyl halides is 3. The summed E-state index contributed by atoms with van der Waals surface area (Å²) in [6.45, 7) is 5.64. The van der Waals surface area contributed by atoms with E-state index in [0.717, 1.165) is 55.3 Å². The lowest BCUT2D eigenvalue weighted by Gasteiger charge is -2.35. The molecule has 0 unspecified atom stereocenters. The first kappa shape index (κ1) is 19.3. The van der Waals surface area contributed by atoms with Crippen LogP contribution in [-0.2, 0) is 12.7 Å². The largest absolute Gasteiger partial charge is 0.433 e. The molecule has 6 nitrogen and oxygen atoms in total. The lowest BCUT2D eigenvalue weighted by molar-refractivity contribution is -0.141. The molecule has 0 spiro atoms. The van der Waals surface area contributed by atoms with Crippen LogP contribution in [0.1, 0.15) is 17.0 Å². The molecule has 146 valence electrons. The fourth-order valence-electron chi connectivity index (χ4n) is 2.96. The first-order valence-corrected chi connectivity index (χ1v) is 8.75. The van der Waals surface area contributed by atoms with Crippen LogP contribution in [0.15, 0.2) is 24.4 Å². The summed E-state index contributed by atoms with van der Waals surface area (Å²) in [6.07, 6.45) is -3.09. The van der Waals surface area contributed by atoms with Gasteiger partial charge in [0.05, 0.1) is 0 Å². The number of rotatable bonds is 4. The Kier molecular flexibility index (Phi) is 5.50. The van der Waals surface area contributed by atoms with Crippen molar-refractivity contribution in [3.63, 3.8) is 0 Å². The summed E-state index contributed by atoms with van der Waals surface area (Å²) in [4.78, 5) is 19.0. The van der Waals surface area contributed by atoms with E-state index >= 15 is 0 Å². The van der Waals surface area contributed by atoms with Crippen LogP contribution in [0.5, 0.6) is 0 Å². The van der Waals surface area contributed by atoms with Crippen LogP contribution < -0.4 is 9.80 Å². The van der Waals surface area contributed by atoms with Gasteiger partial charge in [0, 0.05) is 64.8 Å². The number of piperazine rings is 1. The van der Waals surface area contributed by atoms with Crippen molar-refractivity contribution in [3.8, 4) is 0 Å². The normalized spacial score (nSPS) is 15.9. The molecule has 1 saturated heterocycles. The maximum Gasteiger partial charge on any atom is 0.433 e. The Hall–Kier alpha value is -2.42. The summed E-state index contributed by atoms with van der Waals surface area (Å²) in [7, 11) is 3.89. The van der Waals surface area contributed by atoms with E-state index in [1.54, 1.807) is 0 Å². The van der Waals surface area contributed by atoms with Crippen LogP contribution in [-0.4, -0.2) is 60.1 Å². The number of aromatic nitrogens is 3. The molecule has 0 aliphatic carbocycles. The zero-order valence-corrected chi connectivity index (χ0v) is 15.7. The molecule has 0 radical (unpaired) electrons. The minimum atomic E-state index is -4.40. The molecule has 27 heavy (non-hydrogen) atoms. The SMILES string of the molecule is Cc1cc(N(C)C)nc(N2CCN(Cc3ccc(C(F)(F)F)nc3)CC2)n1. The Morgan fingerprint density at radius 2 is 1.78 bits per heavy atom. The van der Waals surface area contributed by atoms with E-state index in [2.05, 4.69) is 24.8 Å². The second-order valence-electron chi connectivity index (χ2n) is 6.87. The van der Waals surface area contributed by atoms with Crippen molar-refractivity contribution in [2.45, 2.75) is 19.6 Å². The molecular weight excluding hydrogens is 357 g/mol. The minimum Gasteiger partial charge on any atom is -0.363 e. The number of hydrogen-bond acceptors (Lipinski definition) is 6. The molecule has 0 atom stereocenters. The van der Waals surface area contributed by atoms with Gasteiger partial charge in [-0.25, -0.2) is 4.98 Å². The number of nitrogens with zero attached hydrogens (tertiary/aromatic N) is 6. The quantitative estimate of drug-likeness (QED) is 0.813. The fourth-order valence-corrected chi connectivity index (χ4v) is 2.96. The van der Waals surface area contributed by atoms with E-state index in [0.29, 0.717) is 6.54 Å². The van der Waals surface area contributed by atoms with Gasteiger partial charge in [0.2, 0.25) is 5.95 Å². The predicted octanol–water partition coefficient (Wildman–Crippen LogP) is 2.59. The van der Waals surface area contributed by atoms with Crippen molar-refractivity contribution < 1.29 is 13.2 Å². The molecule has 2 aromatic heterocycles. The van der Waals surface area contributed by atoms with Crippen molar-refractivity contribution in [3.05, 3.63) is 41.3 Å². The van der Waals surface area contributed by atoms with Crippen molar-refractivity contribution in [1.29, 1.82) is 0 Å². The second kappa shape index (κ2) is 7.67. The monoisotopic (exact) mass is 380 g/mol. The number of halogens is 3. The fraction of sp³-hybridized carbons (Fsp3) is 0.500. The van der Waals surface area contributed by atoms with Crippen LogP contribution in [0.25, 0.3) is 0 Å². The summed E-state index contributed by atoms with van der Waals surface area (Å²) in [5.74, 6) is 1.59. The van der Waals surface area contributed by atoms with Crippen LogP contribution in [0.2, 0.25) is 0 Å². The molecule has 1 fully saturated rings. The summed E-state index contributed by atoms with van der Waals surface area (Å²) in [5.41, 5.74) is 0.837. The molecule has 3 rings (SSSR count). The maximum absolute atomic E-state index is 12.6. The average Bonchev–Trinajstić information content (AvgIpc) is 2.61. The molecule has 9 heteroatoms. The lowest BCUT2D eigenvalue weighted by Crippen LogP contribution is -2.46. The van der Waals surface area contributed by atoms with Gasteiger partial charge in [-0.15, -0.1) is 0 Å². The number of pyridine rings is 1. The minimum absolute atomic E-state index is 0.580. The molecule has 1 aliphatic heterocycles. The molecular formula is C18H23F3N6. The van der Waals surface area contributed by atoms with Crippen molar-refractivity contribution in [2.24, 2.45) is 0 Å². The van der Waals surface area contributed by atoms with Crippen LogP contribution in [0, 0.1) is 6.92 Å². The standard InChI is InChI=1S/C18H23F3N6/c1-13-10-16(25(2)3)24-17(23-13)27-8-6-26(7-9-27)12-14-4-5-15(22-11-14)18(19,20)21/h4-5,10-11H,6-9,12H2,1-3H3. The average molecular weight is 380 g/mol. The zero-order chi connectivity index (χ0) is 19.6. The third-order valence-corrected chi connectivity index (χ3v) is 4.46. The topological polar surface area (TPSA) is 48.4 Å². The van der Waals surface area contributed by atoms with Gasteiger partial charge in [-0.3, -0.25) is 9.88 Å². The van der Waals surface area contributed by atoms with Gasteiger partial charge >= 0.3 is 6.18 Å². The Bertz CT molecular complexity index is 768. The van der Waals surface area contributed by atoms with Crippen molar-refractivity contribution >= 4 is 11.8 Å². The summed E-state index contributed by atoms with van der Waals surface area (Å²) >= 11 is 0. The third-order valence-electron chi connectivity index (χ3n) is 4.46. The molecule has 1 aliphatic rings. The summed E-state index contributed by atoms with van der Waals surface area (Å²) in [6, 6.07) is 4.47. The second-order valence-corrected chi connectivity index (χ2v) is 6.87. The van der Waals surface area contributed by atoms with Crippen molar-refractivity contribution in [1.82, 2.24) is 19.9 Å². The highest BCUT2D eigenvalue weighted by Gasteiger charge is 2.32. The molecule has 0 amide bonds. The van der Waals surface area contributed by atoms with E-state index in [1.807, 2.05) is 32.0 Å². The van der Waals surface area contributed by atoms with Gasteiger partial charge in [-0.05, 0) is 18.6 Å². The number of hydrogen-bond donors (Lipinski definition) is 0. The van der Waals surface area contributed by atoms with Crippen LogP contribution >= 0.6 is 0 Å². The molecule has 2 aromatic rings. The molecule has 0 N–H and O–H groups in total. The highest BCUT2D eigenvalue weighted by molar-refractivity contribution is 5.45. The number of aryl methyl sites for hydroxylation is 1. The van der Waals surface area contributed by atoms with Crippen molar-refractivity contribution in [2.75, 3.05) is 50.1 Å². The number of anilines is 2. The van der Waals surface area contributed by atoms with Gasteiger partial charge in [0.25, 0.3) is 0 Å². The zero-order valence-electron chi connectivity index (χ0n) is 15.7. The van der Waals surface area contributed by atoms with Gasteiger partial charge in [-0.1, -0.05) is 6.07 Å². The van der Waals surface area contributed by atoms with Gasteiger partial charge in [0.1, 0.15) is 11.5 Å². The highest BCUT2D eigenvalue weighted by Crippen LogP contribution is 2.27. The summed E-state index contributed by atoms with van der Waals surface area (Å²) in [5, 5.41) is 0. The Labute approximate surface area is 156 Å². The Balaban J connectivity index is 1.59. The van der Waals surface area contributed by atoms with Crippen LogP contribution in [0.3, 0.4) is 0 Å². The molecule has 0 saturated carbocycles. The van der Waals surface area contributed by atoms with E-state index < -0.39 is 11.9 Å². The smallest absolute Gasteiger partial charge is 0.363 e. The van der Waals surface area contributed by atoms with E-state index in [4.69, 9.17) is 0 Å². The first-order chi connectivity index (χ1) is 12.7. The molecule has 0 bridgehead atoms. The Morgan fingerprint density at radius 1 is 1.07 bits per heavy atom. The third kappa shape index (κ3) is 4.85. The van der Waals surface area contributed by atoms with Crippen LogP contribution in [0.4, 0.5) is 24.9 Å². The molecule has 3 heterocycles. The van der Waals surface area contributed by atoms with Gasteiger partial charge < -0.3 is 9.80 Å². The summed E-state index contributed by atoms with van der Waals surface area (Å²) < 4.78 is 37.8. The predicted molar refractivity (Wildman–Crippen MR) is 97.8 cm³/mol. The van der Waals surface area contributed by atoms with Gasteiger partial charge in [0.15, 0.2) is 0 Å². The first-order valence-electron chi connectivity index (χ1n) is 8.75. The maximum atomic E-state index is 12.6. The van der Waals surface area contributed by atoms with E-state index in [1.165, 1.54) is 12.3 Å². The molecule has 0 aromatic carbocycles. The van der Waals surface area contributed by atoms with E-state index in [-0.39, 0.29) is 0 Å².